The van der Waals surface area contributed by atoms with Crippen LogP contribution in [0.4, 0.5) is 5.82 Å². The summed E-state index contributed by atoms with van der Waals surface area (Å²) in [6, 6.07) is 2.14. The van der Waals surface area contributed by atoms with Gasteiger partial charge in [-0.25, -0.2) is 4.98 Å². The van der Waals surface area contributed by atoms with Crippen molar-refractivity contribution in [2.24, 2.45) is 0 Å². The van der Waals surface area contributed by atoms with E-state index in [-0.39, 0.29) is 0 Å². The van der Waals surface area contributed by atoms with Crippen LogP contribution in [-0.4, -0.2) is 30.8 Å². The van der Waals surface area contributed by atoms with E-state index in [1.165, 1.54) is 5.56 Å². The molecule has 1 fully saturated rings. The molecule has 0 N–H and O–H groups in total. The molecule has 2 rings (SSSR count). The first-order valence-corrected chi connectivity index (χ1v) is 6.98. The number of ether oxygens (including phenoxy) is 1. The number of anilines is 1. The number of halogens is 1. The van der Waals surface area contributed by atoms with Gasteiger partial charge in [0.05, 0.1) is 6.10 Å². The van der Waals surface area contributed by atoms with Crippen molar-refractivity contribution in [1.29, 1.82) is 0 Å². The van der Waals surface area contributed by atoms with Crippen LogP contribution in [0.5, 0.6) is 0 Å². The van der Waals surface area contributed by atoms with Crippen LogP contribution in [0.15, 0.2) is 16.7 Å². The lowest BCUT2D eigenvalue weighted by molar-refractivity contribution is 0.0458. The number of aryl methyl sites for hydroxylation is 1. The molecule has 0 amide bonds. The molecule has 3 nitrogen and oxygen atoms in total. The molecule has 0 saturated carbocycles. The topological polar surface area (TPSA) is 25.4 Å². The number of aromatic nitrogens is 1. The van der Waals surface area contributed by atoms with Crippen LogP contribution in [0.25, 0.3) is 0 Å². The Morgan fingerprint density at radius 1 is 1.47 bits per heavy atom. The molecule has 1 aromatic heterocycles. The lowest BCUT2D eigenvalue weighted by atomic mass is 10.1. The zero-order valence-electron chi connectivity index (χ0n) is 10.4. The van der Waals surface area contributed by atoms with Gasteiger partial charge in [-0.1, -0.05) is 0 Å². The molecule has 0 aromatic carbocycles. The van der Waals surface area contributed by atoms with Crippen molar-refractivity contribution < 1.29 is 4.74 Å². The Kier molecular flexibility index (Phi) is 4.40. The van der Waals surface area contributed by atoms with Gasteiger partial charge in [-0.05, 0) is 54.2 Å². The van der Waals surface area contributed by atoms with E-state index in [1.807, 2.05) is 6.20 Å². The molecule has 0 aliphatic carbocycles. The maximum atomic E-state index is 5.66. The fraction of sp³-hybridized carbons (Fsp3) is 0.615. The summed E-state index contributed by atoms with van der Waals surface area (Å²) >= 11 is 3.48. The monoisotopic (exact) mass is 298 g/mol. The molecular formula is C13H19BrN2O. The molecule has 17 heavy (non-hydrogen) atoms. The van der Waals surface area contributed by atoms with E-state index in [0.29, 0.717) is 6.10 Å². The van der Waals surface area contributed by atoms with Gasteiger partial charge in [0.25, 0.3) is 0 Å². The van der Waals surface area contributed by atoms with Crippen molar-refractivity contribution in [2.45, 2.75) is 32.8 Å². The van der Waals surface area contributed by atoms with E-state index in [2.05, 4.69) is 45.7 Å². The van der Waals surface area contributed by atoms with Crippen LogP contribution in [0.2, 0.25) is 0 Å². The highest BCUT2D eigenvalue weighted by Crippen LogP contribution is 2.23. The Hall–Kier alpha value is -0.610. The molecule has 1 aromatic rings. The number of rotatable bonds is 3. The van der Waals surface area contributed by atoms with Gasteiger partial charge in [-0.3, -0.25) is 0 Å². The predicted octanol–water partition coefficient (Wildman–Crippen LogP) is 3.16. The maximum Gasteiger partial charge on any atom is 0.128 e. The zero-order valence-corrected chi connectivity index (χ0v) is 12.0. The van der Waals surface area contributed by atoms with Gasteiger partial charge in [0.15, 0.2) is 0 Å². The first kappa shape index (κ1) is 12.8. The minimum Gasteiger partial charge on any atom is -0.378 e. The molecule has 0 atom stereocenters. The lowest BCUT2D eigenvalue weighted by Gasteiger charge is -2.32. The van der Waals surface area contributed by atoms with E-state index in [4.69, 9.17) is 4.74 Å². The summed E-state index contributed by atoms with van der Waals surface area (Å²) in [5, 5.41) is 0. The molecule has 94 valence electrons. The van der Waals surface area contributed by atoms with Gasteiger partial charge in [0.2, 0.25) is 0 Å². The van der Waals surface area contributed by atoms with Crippen LogP contribution in [-0.2, 0) is 4.74 Å². The summed E-state index contributed by atoms with van der Waals surface area (Å²) in [6.45, 7) is 7.06. The van der Waals surface area contributed by atoms with Crippen molar-refractivity contribution >= 4 is 21.7 Å². The van der Waals surface area contributed by atoms with Crippen LogP contribution < -0.4 is 4.90 Å². The summed E-state index contributed by atoms with van der Waals surface area (Å²) in [6.07, 6.45) is 4.53. The predicted molar refractivity (Wildman–Crippen MR) is 73.5 cm³/mol. The van der Waals surface area contributed by atoms with E-state index < -0.39 is 0 Å². The number of piperidine rings is 1. The van der Waals surface area contributed by atoms with Crippen LogP contribution >= 0.6 is 15.9 Å². The maximum absolute atomic E-state index is 5.66. The normalized spacial score (nSPS) is 17.5. The van der Waals surface area contributed by atoms with Gasteiger partial charge in [0, 0.05) is 30.4 Å². The van der Waals surface area contributed by atoms with Crippen molar-refractivity contribution in [3.8, 4) is 0 Å². The van der Waals surface area contributed by atoms with Gasteiger partial charge in [-0.15, -0.1) is 0 Å². The van der Waals surface area contributed by atoms with Crippen LogP contribution in [0.3, 0.4) is 0 Å². The fourth-order valence-electron chi connectivity index (χ4n) is 2.18. The summed E-state index contributed by atoms with van der Waals surface area (Å²) in [7, 11) is 0. The molecule has 0 radical (unpaired) electrons. The van der Waals surface area contributed by atoms with Crippen molar-refractivity contribution in [3.63, 3.8) is 0 Å². The molecular weight excluding hydrogens is 280 g/mol. The number of hydrogen-bond acceptors (Lipinski definition) is 3. The molecule has 1 aliphatic heterocycles. The number of hydrogen-bond donors (Lipinski definition) is 0. The Bertz CT molecular complexity index is 376. The molecule has 1 saturated heterocycles. The lowest BCUT2D eigenvalue weighted by Crippen LogP contribution is -2.37. The van der Waals surface area contributed by atoms with Gasteiger partial charge in [-0.2, -0.15) is 0 Å². The third-order valence-corrected chi connectivity index (χ3v) is 4.03. The molecule has 0 bridgehead atoms. The quantitative estimate of drug-likeness (QED) is 0.857. The molecule has 0 unspecified atom stereocenters. The molecule has 1 aliphatic rings. The average molecular weight is 299 g/mol. The van der Waals surface area contributed by atoms with Crippen molar-refractivity contribution in [1.82, 2.24) is 4.98 Å². The first-order valence-electron chi connectivity index (χ1n) is 6.19. The third-order valence-electron chi connectivity index (χ3n) is 3.20. The van der Waals surface area contributed by atoms with E-state index in [1.54, 1.807) is 0 Å². The minimum atomic E-state index is 0.438. The molecule has 0 spiro atoms. The summed E-state index contributed by atoms with van der Waals surface area (Å²) < 4.78 is 6.73. The average Bonchev–Trinajstić information content (AvgIpc) is 2.34. The highest BCUT2D eigenvalue weighted by Gasteiger charge is 2.20. The zero-order chi connectivity index (χ0) is 12.3. The SMILES string of the molecule is CCOC1CCN(c2cc(C)c(Br)cn2)CC1. The standard InChI is InChI=1S/C13H19BrN2O/c1-3-17-11-4-6-16(7-5-11)13-8-10(2)12(14)9-15-13/h8-9,11H,3-7H2,1-2H3. The summed E-state index contributed by atoms with van der Waals surface area (Å²) in [4.78, 5) is 6.81. The largest absolute Gasteiger partial charge is 0.378 e. The minimum absolute atomic E-state index is 0.438. The van der Waals surface area contributed by atoms with Crippen LogP contribution in [0.1, 0.15) is 25.3 Å². The fourth-order valence-corrected chi connectivity index (χ4v) is 2.40. The van der Waals surface area contributed by atoms with Gasteiger partial charge >= 0.3 is 0 Å². The van der Waals surface area contributed by atoms with E-state index in [9.17, 15) is 0 Å². The van der Waals surface area contributed by atoms with Crippen molar-refractivity contribution in [2.75, 3.05) is 24.6 Å². The Labute approximate surface area is 111 Å². The third kappa shape index (κ3) is 3.19. The van der Waals surface area contributed by atoms with E-state index >= 15 is 0 Å². The van der Waals surface area contributed by atoms with Gasteiger partial charge in [0.1, 0.15) is 5.82 Å². The number of pyridine rings is 1. The Balaban J connectivity index is 1.98. The summed E-state index contributed by atoms with van der Waals surface area (Å²) in [5.41, 5.74) is 1.24. The highest BCUT2D eigenvalue weighted by molar-refractivity contribution is 9.10. The second-order valence-electron chi connectivity index (χ2n) is 4.43. The van der Waals surface area contributed by atoms with E-state index in [0.717, 1.165) is 42.8 Å². The Morgan fingerprint density at radius 2 is 2.18 bits per heavy atom. The van der Waals surface area contributed by atoms with Gasteiger partial charge < -0.3 is 9.64 Å². The van der Waals surface area contributed by atoms with Crippen LogP contribution in [0, 0.1) is 6.92 Å². The second-order valence-corrected chi connectivity index (χ2v) is 5.29. The molecule has 4 heteroatoms. The Morgan fingerprint density at radius 3 is 2.76 bits per heavy atom. The second kappa shape index (κ2) is 5.83. The smallest absolute Gasteiger partial charge is 0.128 e. The number of nitrogens with zero attached hydrogens (tertiary/aromatic N) is 2. The molecule has 2 heterocycles. The summed E-state index contributed by atoms with van der Waals surface area (Å²) in [5.74, 6) is 1.08. The highest BCUT2D eigenvalue weighted by atomic mass is 79.9. The first-order chi connectivity index (χ1) is 8.20. The van der Waals surface area contributed by atoms with Crippen molar-refractivity contribution in [3.05, 3.63) is 22.3 Å².